The molecule has 1 heterocycles. The molecule has 1 aromatic heterocycles. The van der Waals surface area contributed by atoms with Gasteiger partial charge in [0, 0.05) is 18.2 Å². The van der Waals surface area contributed by atoms with Crippen molar-refractivity contribution in [2.75, 3.05) is 6.61 Å². The zero-order valence-corrected chi connectivity index (χ0v) is 16.3. The van der Waals surface area contributed by atoms with Crippen molar-refractivity contribution in [1.82, 2.24) is 14.9 Å². The monoisotopic (exact) mass is 421 g/mol. The van der Waals surface area contributed by atoms with Crippen LogP contribution in [0.2, 0.25) is 0 Å². The summed E-state index contributed by atoms with van der Waals surface area (Å²) in [7, 11) is 0. The molecule has 0 radical (unpaired) electrons. The molecule has 1 unspecified atom stereocenters. The van der Waals surface area contributed by atoms with Crippen molar-refractivity contribution in [3.63, 3.8) is 0 Å². The molecule has 1 atom stereocenters. The number of amides is 1. The van der Waals surface area contributed by atoms with Crippen LogP contribution in [-0.4, -0.2) is 39.4 Å². The smallest absolute Gasteiger partial charge is 0.407 e. The quantitative estimate of drug-likeness (QED) is 0.553. The van der Waals surface area contributed by atoms with E-state index < -0.39 is 29.4 Å². The number of nitrogens with one attached hydrogen (secondary N) is 2. The van der Waals surface area contributed by atoms with E-state index in [1.54, 1.807) is 0 Å². The molecule has 2 aromatic carbocycles. The molecule has 9 nitrogen and oxygen atoms in total. The molecular formula is C22H19N3O6. The van der Waals surface area contributed by atoms with Gasteiger partial charge in [-0.3, -0.25) is 14.3 Å². The Balaban J connectivity index is 1.45. The van der Waals surface area contributed by atoms with E-state index in [1.807, 2.05) is 53.5 Å². The van der Waals surface area contributed by atoms with Crippen molar-refractivity contribution in [1.29, 1.82) is 0 Å². The number of hydrogen-bond acceptors (Lipinski definition) is 5. The maximum Gasteiger partial charge on any atom is 0.407 e. The lowest BCUT2D eigenvalue weighted by Crippen LogP contribution is -2.46. The van der Waals surface area contributed by atoms with Gasteiger partial charge in [0.15, 0.2) is 0 Å². The van der Waals surface area contributed by atoms with Crippen LogP contribution in [0.5, 0.6) is 0 Å². The molecule has 9 heteroatoms. The number of aliphatic carboxylic acids is 1. The van der Waals surface area contributed by atoms with Crippen LogP contribution in [0, 0.1) is 0 Å². The maximum absolute atomic E-state index is 12.3. The zero-order chi connectivity index (χ0) is 22.0. The summed E-state index contributed by atoms with van der Waals surface area (Å²) in [5.74, 6) is -1.50. The van der Waals surface area contributed by atoms with Crippen LogP contribution in [-0.2, 0) is 16.1 Å². The Morgan fingerprint density at radius 3 is 2.23 bits per heavy atom. The first kappa shape index (κ1) is 20.1. The molecule has 1 amide bonds. The predicted molar refractivity (Wildman–Crippen MR) is 111 cm³/mol. The summed E-state index contributed by atoms with van der Waals surface area (Å²) >= 11 is 0. The molecule has 4 rings (SSSR count). The van der Waals surface area contributed by atoms with Crippen molar-refractivity contribution in [3.05, 3.63) is 92.8 Å². The number of carbonyl (C=O) groups is 2. The fourth-order valence-electron chi connectivity index (χ4n) is 3.75. The van der Waals surface area contributed by atoms with Crippen LogP contribution in [0.1, 0.15) is 17.0 Å². The van der Waals surface area contributed by atoms with Gasteiger partial charge in [0.25, 0.3) is 5.56 Å². The van der Waals surface area contributed by atoms with E-state index >= 15 is 0 Å². The van der Waals surface area contributed by atoms with E-state index in [0.29, 0.717) is 0 Å². The number of hydrogen-bond donors (Lipinski definition) is 3. The molecule has 0 spiro atoms. The Bertz CT molecular complexity index is 1220. The van der Waals surface area contributed by atoms with Gasteiger partial charge in [0.05, 0.1) is 6.54 Å². The fourth-order valence-corrected chi connectivity index (χ4v) is 3.75. The topological polar surface area (TPSA) is 130 Å². The number of carboxylic acid groups (broad SMARTS) is 1. The number of fused-ring (bicyclic) bond motifs is 3. The Morgan fingerprint density at radius 2 is 1.65 bits per heavy atom. The van der Waals surface area contributed by atoms with Gasteiger partial charge in [-0.2, -0.15) is 0 Å². The van der Waals surface area contributed by atoms with Crippen molar-refractivity contribution in [2.24, 2.45) is 0 Å². The molecule has 31 heavy (non-hydrogen) atoms. The Morgan fingerprint density at radius 1 is 1.03 bits per heavy atom. The number of alkyl carbamates (subject to hydrolysis) is 1. The molecule has 158 valence electrons. The Labute approximate surface area is 175 Å². The van der Waals surface area contributed by atoms with E-state index in [9.17, 15) is 24.3 Å². The van der Waals surface area contributed by atoms with E-state index in [0.717, 1.165) is 39.1 Å². The molecule has 1 aliphatic rings. The molecule has 3 N–H and O–H groups in total. The minimum atomic E-state index is -1.42. The highest BCUT2D eigenvalue weighted by molar-refractivity contribution is 5.81. The number of benzene rings is 2. The molecule has 0 fully saturated rings. The Kier molecular flexibility index (Phi) is 5.40. The summed E-state index contributed by atoms with van der Waals surface area (Å²) < 4.78 is 6.34. The van der Waals surface area contributed by atoms with Gasteiger partial charge in [-0.1, -0.05) is 48.5 Å². The van der Waals surface area contributed by atoms with Gasteiger partial charge < -0.3 is 15.2 Å². The second-order valence-corrected chi connectivity index (χ2v) is 7.12. The van der Waals surface area contributed by atoms with Crippen molar-refractivity contribution in [3.8, 4) is 11.1 Å². The van der Waals surface area contributed by atoms with Crippen LogP contribution in [0.3, 0.4) is 0 Å². The minimum Gasteiger partial charge on any atom is -0.480 e. The number of aromatic amines is 1. The number of H-pyrrole nitrogens is 1. The van der Waals surface area contributed by atoms with Crippen molar-refractivity contribution < 1.29 is 19.4 Å². The minimum absolute atomic E-state index is 0.0325. The number of nitrogens with zero attached hydrogens (tertiary/aromatic N) is 1. The van der Waals surface area contributed by atoms with Gasteiger partial charge in [-0.15, -0.1) is 0 Å². The van der Waals surface area contributed by atoms with Gasteiger partial charge in [-0.05, 0) is 22.3 Å². The molecule has 1 aliphatic carbocycles. The van der Waals surface area contributed by atoms with Crippen LogP contribution < -0.4 is 16.6 Å². The van der Waals surface area contributed by atoms with Crippen LogP contribution in [0.15, 0.2) is 70.4 Å². The third-order valence-corrected chi connectivity index (χ3v) is 5.21. The second-order valence-electron chi connectivity index (χ2n) is 7.12. The average Bonchev–Trinajstić information content (AvgIpc) is 3.07. The number of rotatable bonds is 6. The highest BCUT2D eigenvalue weighted by atomic mass is 16.5. The zero-order valence-electron chi connectivity index (χ0n) is 16.3. The number of carbonyl (C=O) groups excluding carboxylic acids is 1. The normalized spacial score (nSPS) is 13.2. The van der Waals surface area contributed by atoms with E-state index in [2.05, 4.69) is 5.32 Å². The molecule has 0 bridgehead atoms. The summed E-state index contributed by atoms with van der Waals surface area (Å²) in [5, 5.41) is 11.7. The molecule has 0 aliphatic heterocycles. The lowest BCUT2D eigenvalue weighted by molar-refractivity contribution is -0.139. The lowest BCUT2D eigenvalue weighted by Gasteiger charge is -2.18. The van der Waals surface area contributed by atoms with Gasteiger partial charge in [0.2, 0.25) is 0 Å². The summed E-state index contributed by atoms with van der Waals surface area (Å²) in [4.78, 5) is 48.8. The first-order valence-electron chi connectivity index (χ1n) is 9.58. The molecule has 0 saturated carbocycles. The van der Waals surface area contributed by atoms with Crippen LogP contribution in [0.4, 0.5) is 4.79 Å². The summed E-state index contributed by atoms with van der Waals surface area (Å²) in [5.41, 5.74) is 2.85. The highest BCUT2D eigenvalue weighted by Gasteiger charge is 2.29. The van der Waals surface area contributed by atoms with Crippen molar-refractivity contribution in [2.45, 2.75) is 18.5 Å². The van der Waals surface area contributed by atoms with E-state index in [-0.39, 0.29) is 19.1 Å². The third kappa shape index (κ3) is 4.11. The SMILES string of the molecule is O=C(NC(Cn1ccc(=O)[nH]c1=O)C(=O)O)OCC1c2ccccc2-c2ccccc21. The van der Waals surface area contributed by atoms with Crippen LogP contribution >= 0.6 is 0 Å². The van der Waals surface area contributed by atoms with Gasteiger partial charge in [-0.25, -0.2) is 14.4 Å². The summed E-state index contributed by atoms with van der Waals surface area (Å²) in [6.45, 7) is -0.333. The fraction of sp³-hybridized carbons (Fsp3) is 0.182. The second kappa shape index (κ2) is 8.31. The van der Waals surface area contributed by atoms with E-state index in [4.69, 9.17) is 4.74 Å². The van der Waals surface area contributed by atoms with Crippen LogP contribution in [0.25, 0.3) is 11.1 Å². The van der Waals surface area contributed by atoms with Gasteiger partial charge in [0.1, 0.15) is 12.6 Å². The highest BCUT2D eigenvalue weighted by Crippen LogP contribution is 2.44. The van der Waals surface area contributed by atoms with Gasteiger partial charge >= 0.3 is 17.8 Å². The molecule has 0 saturated heterocycles. The number of ether oxygens (including phenoxy) is 1. The van der Waals surface area contributed by atoms with E-state index in [1.165, 1.54) is 0 Å². The first-order valence-corrected chi connectivity index (χ1v) is 9.58. The average molecular weight is 421 g/mol. The predicted octanol–water partition coefficient (Wildman–Crippen LogP) is 1.53. The summed E-state index contributed by atoms with van der Waals surface area (Å²) in [6, 6.07) is 15.4. The third-order valence-electron chi connectivity index (χ3n) is 5.21. The maximum atomic E-state index is 12.3. The van der Waals surface area contributed by atoms with Crippen molar-refractivity contribution >= 4 is 12.1 Å². The molecular weight excluding hydrogens is 402 g/mol. The number of aromatic nitrogens is 2. The largest absolute Gasteiger partial charge is 0.480 e. The Hall–Kier alpha value is -4.14. The number of carboxylic acids is 1. The first-order chi connectivity index (χ1) is 14.9. The standard InChI is InChI=1S/C22H19N3O6/c26-19-9-10-25(21(29)24-19)11-18(20(27)28)23-22(30)31-12-17-15-7-3-1-5-13(15)14-6-2-4-8-16(14)17/h1-10,17-18H,11-12H2,(H,23,30)(H,27,28)(H,24,26,29). The molecule has 3 aromatic rings. The lowest BCUT2D eigenvalue weighted by atomic mass is 9.98. The summed E-state index contributed by atoms with van der Waals surface area (Å²) in [6.07, 6.45) is 0.253.